The second-order valence-electron chi connectivity index (χ2n) is 2.25. The lowest BCUT2D eigenvalue weighted by Gasteiger charge is -2.07. The lowest BCUT2D eigenvalue weighted by Crippen LogP contribution is -2.33. The summed E-state index contributed by atoms with van der Waals surface area (Å²) in [5.74, 6) is -0.257. The first-order valence-electron chi connectivity index (χ1n) is 3.22. The summed E-state index contributed by atoms with van der Waals surface area (Å²) < 4.78 is 10.8. The molecule has 0 fully saturated rings. The van der Waals surface area contributed by atoms with Crippen molar-refractivity contribution >= 4 is 28.3 Å². The molecular weight excluding hydrogens is 186 g/mol. The Labute approximate surface area is 74.0 Å². The largest absolute Gasteiger partial charge is 0.354 e. The molecule has 0 heterocycles. The minimum absolute atomic E-state index is 0.0119. The summed E-state index contributed by atoms with van der Waals surface area (Å²) in [6.07, 6.45) is 1.61. The Bertz CT molecular complexity index is 163. The number of halogens is 1. The first kappa shape index (κ1) is 10.9. The van der Waals surface area contributed by atoms with Gasteiger partial charge >= 0.3 is 0 Å². The van der Waals surface area contributed by atoms with Crippen LogP contribution in [0.25, 0.3) is 0 Å². The summed E-state index contributed by atoms with van der Waals surface area (Å²) in [5, 5.41) is 2.54. The number of carbonyl (C=O) groups excluding carboxylic acids is 1. The monoisotopic (exact) mass is 197 g/mol. The van der Waals surface area contributed by atoms with E-state index in [1.165, 1.54) is 0 Å². The van der Waals surface area contributed by atoms with Crippen molar-refractivity contribution in [2.75, 3.05) is 18.7 Å². The summed E-state index contributed by atoms with van der Waals surface area (Å²) in [6.45, 7) is 2.24. The molecule has 0 saturated carbocycles. The molecule has 3 nitrogen and oxygen atoms in total. The van der Waals surface area contributed by atoms with Gasteiger partial charge in [-0.2, -0.15) is 0 Å². The van der Waals surface area contributed by atoms with E-state index in [0.717, 1.165) is 0 Å². The molecule has 0 bridgehead atoms. The van der Waals surface area contributed by atoms with Crippen molar-refractivity contribution in [1.29, 1.82) is 0 Å². The zero-order valence-electron chi connectivity index (χ0n) is 6.59. The lowest BCUT2D eigenvalue weighted by atomic mass is 10.4. The van der Waals surface area contributed by atoms with E-state index in [9.17, 15) is 9.00 Å². The highest BCUT2D eigenvalue weighted by molar-refractivity contribution is 7.84. The molecule has 0 aromatic carbocycles. The van der Waals surface area contributed by atoms with Crippen molar-refractivity contribution in [1.82, 2.24) is 5.32 Å². The topological polar surface area (TPSA) is 46.2 Å². The maximum atomic E-state index is 10.8. The minimum Gasteiger partial charge on any atom is -0.354 e. The molecular formula is C6H12ClNO2S. The summed E-state index contributed by atoms with van der Waals surface area (Å²) in [6, 6.07) is 0. The molecule has 66 valence electrons. The number of rotatable bonds is 4. The normalized spacial score (nSPS) is 15.5. The fraction of sp³-hybridized carbons (Fsp3) is 0.833. The Hall–Kier alpha value is -0.0900. The van der Waals surface area contributed by atoms with Gasteiger partial charge in [0.15, 0.2) is 0 Å². The number of hydrogen-bond donors (Lipinski definition) is 1. The summed E-state index contributed by atoms with van der Waals surface area (Å²) in [4.78, 5) is 10.6. The smallest absolute Gasteiger partial charge is 0.234 e. The molecule has 0 aromatic heterocycles. The minimum atomic E-state index is -0.887. The Balaban J connectivity index is 3.54. The van der Waals surface area contributed by atoms with E-state index in [-0.39, 0.29) is 17.0 Å². The molecule has 0 aromatic rings. The maximum absolute atomic E-state index is 10.8. The molecule has 1 amide bonds. The summed E-state index contributed by atoms with van der Waals surface area (Å²) in [7, 11) is -0.887. The molecule has 0 saturated heterocycles. The first-order valence-corrected chi connectivity index (χ1v) is 5.38. The van der Waals surface area contributed by atoms with E-state index in [4.69, 9.17) is 11.6 Å². The van der Waals surface area contributed by atoms with Crippen molar-refractivity contribution in [3.63, 3.8) is 0 Å². The van der Waals surface area contributed by atoms with Gasteiger partial charge in [0, 0.05) is 28.9 Å². The molecule has 0 aliphatic heterocycles. The third kappa shape index (κ3) is 5.21. The molecule has 0 spiro atoms. The van der Waals surface area contributed by atoms with Crippen LogP contribution in [0.4, 0.5) is 0 Å². The highest BCUT2D eigenvalue weighted by Crippen LogP contribution is 1.89. The van der Waals surface area contributed by atoms with Crippen LogP contribution in [0.15, 0.2) is 0 Å². The fourth-order valence-corrected chi connectivity index (χ4v) is 0.835. The molecule has 0 radical (unpaired) electrons. The van der Waals surface area contributed by atoms with Gasteiger partial charge in [-0.15, -0.1) is 11.6 Å². The zero-order chi connectivity index (χ0) is 8.85. The van der Waals surface area contributed by atoms with Gasteiger partial charge in [0.1, 0.15) is 5.88 Å². The Morgan fingerprint density at radius 3 is 2.64 bits per heavy atom. The predicted molar refractivity (Wildman–Crippen MR) is 47.3 cm³/mol. The Kier molecular flexibility index (Phi) is 5.50. The number of amides is 1. The van der Waals surface area contributed by atoms with Crippen molar-refractivity contribution in [3.05, 3.63) is 0 Å². The van der Waals surface area contributed by atoms with E-state index in [0.29, 0.717) is 6.54 Å². The fourth-order valence-electron chi connectivity index (χ4n) is 0.422. The quantitative estimate of drug-likeness (QED) is 0.651. The van der Waals surface area contributed by atoms with E-state index < -0.39 is 10.8 Å². The van der Waals surface area contributed by atoms with Crippen molar-refractivity contribution < 1.29 is 9.00 Å². The Morgan fingerprint density at radius 1 is 1.73 bits per heavy atom. The van der Waals surface area contributed by atoms with Gasteiger partial charge in [-0.3, -0.25) is 9.00 Å². The maximum Gasteiger partial charge on any atom is 0.234 e. The van der Waals surface area contributed by atoms with Crippen LogP contribution in [0.2, 0.25) is 0 Å². The highest BCUT2D eigenvalue weighted by atomic mass is 35.5. The van der Waals surface area contributed by atoms with Crippen LogP contribution >= 0.6 is 11.6 Å². The van der Waals surface area contributed by atoms with E-state index in [2.05, 4.69) is 5.32 Å². The number of hydrogen-bond acceptors (Lipinski definition) is 2. The molecule has 5 heteroatoms. The number of alkyl halides is 1. The van der Waals surface area contributed by atoms with Crippen molar-refractivity contribution in [2.24, 2.45) is 0 Å². The standard InChI is InChI=1S/C6H12ClNO2S/c1-5(11(2)10)4-8-6(9)3-7/h5H,3-4H2,1-2H3,(H,8,9). The van der Waals surface area contributed by atoms with Gasteiger partial charge in [-0.1, -0.05) is 0 Å². The van der Waals surface area contributed by atoms with Gasteiger partial charge in [-0.05, 0) is 6.92 Å². The van der Waals surface area contributed by atoms with Gasteiger partial charge < -0.3 is 5.32 Å². The Morgan fingerprint density at radius 2 is 2.27 bits per heavy atom. The molecule has 2 atom stereocenters. The third-order valence-electron chi connectivity index (χ3n) is 1.27. The second kappa shape index (κ2) is 5.55. The average Bonchev–Trinajstić information content (AvgIpc) is 1.99. The van der Waals surface area contributed by atoms with Crippen LogP contribution in [0.5, 0.6) is 0 Å². The zero-order valence-corrected chi connectivity index (χ0v) is 8.17. The number of nitrogens with one attached hydrogen (secondary N) is 1. The molecule has 2 unspecified atom stereocenters. The average molecular weight is 198 g/mol. The summed E-state index contributed by atoms with van der Waals surface area (Å²) >= 11 is 5.23. The van der Waals surface area contributed by atoms with Crippen LogP contribution in [0.1, 0.15) is 6.92 Å². The molecule has 0 aliphatic carbocycles. The second-order valence-corrected chi connectivity index (χ2v) is 4.32. The predicted octanol–water partition coefficient (Wildman–Crippen LogP) is 0.108. The third-order valence-corrected chi connectivity index (χ3v) is 2.82. The van der Waals surface area contributed by atoms with Crippen molar-refractivity contribution in [2.45, 2.75) is 12.2 Å². The molecule has 0 aliphatic rings. The van der Waals surface area contributed by atoms with Crippen LogP contribution in [0, 0.1) is 0 Å². The van der Waals surface area contributed by atoms with E-state index in [1.54, 1.807) is 6.26 Å². The molecule has 0 rings (SSSR count). The van der Waals surface area contributed by atoms with Gasteiger partial charge in [0.2, 0.25) is 5.91 Å². The van der Waals surface area contributed by atoms with Crippen molar-refractivity contribution in [3.8, 4) is 0 Å². The van der Waals surface area contributed by atoms with Crippen LogP contribution in [-0.4, -0.2) is 34.0 Å². The van der Waals surface area contributed by atoms with E-state index in [1.807, 2.05) is 6.92 Å². The molecule has 11 heavy (non-hydrogen) atoms. The highest BCUT2D eigenvalue weighted by Gasteiger charge is 2.06. The van der Waals surface area contributed by atoms with Crippen LogP contribution < -0.4 is 5.32 Å². The SMILES string of the molecule is CC(CNC(=O)CCl)S(C)=O. The van der Waals surface area contributed by atoms with Crippen LogP contribution in [-0.2, 0) is 15.6 Å². The van der Waals surface area contributed by atoms with E-state index >= 15 is 0 Å². The summed E-state index contributed by atoms with van der Waals surface area (Å²) in [5.41, 5.74) is 0. The lowest BCUT2D eigenvalue weighted by molar-refractivity contribution is -0.118. The number of carbonyl (C=O) groups is 1. The molecule has 1 N–H and O–H groups in total. The first-order chi connectivity index (χ1) is 5.07. The van der Waals surface area contributed by atoms with Gasteiger partial charge in [-0.25, -0.2) is 0 Å². The van der Waals surface area contributed by atoms with Crippen LogP contribution in [0.3, 0.4) is 0 Å². The van der Waals surface area contributed by atoms with Gasteiger partial charge in [0.05, 0.1) is 0 Å². The van der Waals surface area contributed by atoms with Gasteiger partial charge in [0.25, 0.3) is 0 Å².